The van der Waals surface area contributed by atoms with Crippen LogP contribution in [0.4, 0.5) is 16.2 Å². The number of carbonyl (C=O) groups is 2. The lowest BCUT2D eigenvalue weighted by atomic mass is 10.1. The van der Waals surface area contributed by atoms with Crippen LogP contribution in [0.2, 0.25) is 0 Å². The van der Waals surface area contributed by atoms with Crippen LogP contribution in [-0.4, -0.2) is 49.1 Å². The van der Waals surface area contributed by atoms with E-state index >= 15 is 0 Å². The minimum Gasteiger partial charge on any atom is -0.369 e. The standard InChI is InChI=1S/C23H31N5O2/c1-16(2)27-12-14-28(15-13-27)21-10-6-19(7-11-21)22(29)25-17(3)18-4-8-20(9-5-18)26-23(24)30/h4-11,16-17H,12-15H2,1-3H3,(H,25,29)(H3,24,26,30). The molecule has 1 aliphatic rings. The molecule has 30 heavy (non-hydrogen) atoms. The van der Waals surface area contributed by atoms with Crippen LogP contribution in [0.15, 0.2) is 48.5 Å². The van der Waals surface area contributed by atoms with E-state index in [4.69, 9.17) is 5.73 Å². The van der Waals surface area contributed by atoms with E-state index in [-0.39, 0.29) is 11.9 Å². The summed E-state index contributed by atoms with van der Waals surface area (Å²) < 4.78 is 0. The molecule has 2 aromatic carbocycles. The van der Waals surface area contributed by atoms with Gasteiger partial charge in [-0.25, -0.2) is 4.79 Å². The number of primary amides is 1. The van der Waals surface area contributed by atoms with Gasteiger partial charge in [0.2, 0.25) is 0 Å². The summed E-state index contributed by atoms with van der Waals surface area (Å²) in [6.45, 7) is 10.5. The number of nitrogens with one attached hydrogen (secondary N) is 2. The number of rotatable bonds is 6. The number of benzene rings is 2. The summed E-state index contributed by atoms with van der Waals surface area (Å²) in [5.74, 6) is -0.113. The summed E-state index contributed by atoms with van der Waals surface area (Å²) in [5.41, 5.74) is 8.47. The number of hydrogen-bond acceptors (Lipinski definition) is 4. The fourth-order valence-electron chi connectivity index (χ4n) is 3.68. The average Bonchev–Trinajstić information content (AvgIpc) is 2.74. The molecule has 1 heterocycles. The molecule has 1 unspecified atom stereocenters. The third kappa shape index (κ3) is 5.51. The first-order valence-electron chi connectivity index (χ1n) is 10.4. The van der Waals surface area contributed by atoms with Gasteiger partial charge in [-0.1, -0.05) is 12.1 Å². The zero-order valence-corrected chi connectivity index (χ0v) is 17.9. The first-order valence-corrected chi connectivity index (χ1v) is 10.4. The number of hydrogen-bond donors (Lipinski definition) is 3. The minimum absolute atomic E-state index is 0.113. The highest BCUT2D eigenvalue weighted by atomic mass is 16.2. The van der Waals surface area contributed by atoms with Gasteiger partial charge in [0.25, 0.3) is 5.91 Å². The quantitative estimate of drug-likeness (QED) is 0.683. The lowest BCUT2D eigenvalue weighted by molar-refractivity contribution is 0.0940. The van der Waals surface area contributed by atoms with Crippen molar-refractivity contribution in [3.63, 3.8) is 0 Å². The second kappa shape index (κ2) is 9.63. The maximum atomic E-state index is 12.6. The van der Waals surface area contributed by atoms with E-state index in [9.17, 15) is 9.59 Å². The molecule has 0 aliphatic carbocycles. The van der Waals surface area contributed by atoms with Crippen LogP contribution < -0.4 is 21.3 Å². The van der Waals surface area contributed by atoms with E-state index in [1.165, 1.54) is 0 Å². The molecule has 1 saturated heterocycles. The van der Waals surface area contributed by atoms with Gasteiger partial charge < -0.3 is 21.3 Å². The molecule has 0 bridgehead atoms. The molecule has 0 saturated carbocycles. The lowest BCUT2D eigenvalue weighted by Gasteiger charge is -2.38. The van der Waals surface area contributed by atoms with Gasteiger partial charge in [0.1, 0.15) is 0 Å². The molecule has 0 spiro atoms. The monoisotopic (exact) mass is 409 g/mol. The van der Waals surface area contributed by atoms with Crippen molar-refractivity contribution in [2.24, 2.45) is 5.73 Å². The van der Waals surface area contributed by atoms with Crippen LogP contribution in [0.1, 0.15) is 42.7 Å². The Balaban J connectivity index is 1.56. The lowest BCUT2D eigenvalue weighted by Crippen LogP contribution is -2.48. The Bertz CT molecular complexity index is 856. The van der Waals surface area contributed by atoms with Gasteiger partial charge in [-0.15, -0.1) is 0 Å². The third-order valence-electron chi connectivity index (χ3n) is 5.57. The number of nitrogens with zero attached hydrogens (tertiary/aromatic N) is 2. The number of nitrogens with two attached hydrogens (primary N) is 1. The van der Waals surface area contributed by atoms with E-state index in [1.54, 1.807) is 12.1 Å². The van der Waals surface area contributed by atoms with Crippen LogP contribution in [-0.2, 0) is 0 Å². The van der Waals surface area contributed by atoms with E-state index < -0.39 is 6.03 Å². The molecule has 3 rings (SSSR count). The molecular formula is C23H31N5O2. The van der Waals surface area contributed by atoms with E-state index in [1.807, 2.05) is 43.3 Å². The largest absolute Gasteiger partial charge is 0.369 e. The Morgan fingerprint density at radius 2 is 1.50 bits per heavy atom. The number of anilines is 2. The minimum atomic E-state index is -0.602. The summed E-state index contributed by atoms with van der Waals surface area (Å²) in [6, 6.07) is 14.9. The summed E-state index contributed by atoms with van der Waals surface area (Å²) in [7, 11) is 0. The summed E-state index contributed by atoms with van der Waals surface area (Å²) >= 11 is 0. The Kier molecular flexibility index (Phi) is 6.95. The summed E-state index contributed by atoms with van der Waals surface area (Å²) in [5, 5.41) is 5.54. The van der Waals surface area contributed by atoms with Crippen molar-refractivity contribution in [2.75, 3.05) is 36.4 Å². The molecule has 7 nitrogen and oxygen atoms in total. The number of urea groups is 1. The van der Waals surface area contributed by atoms with E-state index in [0.29, 0.717) is 17.3 Å². The molecule has 1 fully saturated rings. The van der Waals surface area contributed by atoms with Crippen molar-refractivity contribution in [3.05, 3.63) is 59.7 Å². The number of amides is 3. The van der Waals surface area contributed by atoms with Gasteiger partial charge in [0, 0.05) is 49.2 Å². The van der Waals surface area contributed by atoms with Crippen molar-refractivity contribution < 1.29 is 9.59 Å². The highest BCUT2D eigenvalue weighted by molar-refractivity contribution is 5.94. The van der Waals surface area contributed by atoms with Crippen LogP contribution in [0.5, 0.6) is 0 Å². The Labute approximate surface area is 178 Å². The van der Waals surface area contributed by atoms with Crippen molar-refractivity contribution in [1.82, 2.24) is 10.2 Å². The molecule has 1 atom stereocenters. The first-order chi connectivity index (χ1) is 14.3. The second-order valence-electron chi connectivity index (χ2n) is 7.97. The normalized spacial score (nSPS) is 15.7. The van der Waals surface area contributed by atoms with Gasteiger partial charge in [0.05, 0.1) is 6.04 Å². The van der Waals surface area contributed by atoms with Gasteiger partial charge in [-0.05, 0) is 62.7 Å². The maximum absolute atomic E-state index is 12.6. The van der Waals surface area contributed by atoms with Crippen molar-refractivity contribution in [1.29, 1.82) is 0 Å². The van der Waals surface area contributed by atoms with Crippen molar-refractivity contribution >= 4 is 23.3 Å². The molecule has 3 amide bonds. The zero-order chi connectivity index (χ0) is 21.7. The topological polar surface area (TPSA) is 90.7 Å². The third-order valence-corrected chi connectivity index (χ3v) is 5.57. The highest BCUT2D eigenvalue weighted by Gasteiger charge is 2.19. The van der Waals surface area contributed by atoms with E-state index in [0.717, 1.165) is 37.4 Å². The molecule has 7 heteroatoms. The van der Waals surface area contributed by atoms with Gasteiger partial charge in [0.15, 0.2) is 0 Å². The van der Waals surface area contributed by atoms with E-state index in [2.05, 4.69) is 34.3 Å². The second-order valence-corrected chi connectivity index (χ2v) is 7.97. The molecule has 1 aliphatic heterocycles. The summed E-state index contributed by atoms with van der Waals surface area (Å²) in [6.07, 6.45) is 0. The fraction of sp³-hybridized carbons (Fsp3) is 0.391. The maximum Gasteiger partial charge on any atom is 0.316 e. The van der Waals surface area contributed by atoms with Crippen LogP contribution in [0.25, 0.3) is 0 Å². The SMILES string of the molecule is CC(NC(=O)c1ccc(N2CCN(C(C)C)CC2)cc1)c1ccc(NC(N)=O)cc1. The predicted octanol–water partition coefficient (Wildman–Crippen LogP) is 3.20. The van der Waals surface area contributed by atoms with Crippen molar-refractivity contribution in [2.45, 2.75) is 32.9 Å². The predicted molar refractivity (Wildman–Crippen MR) is 121 cm³/mol. The molecule has 2 aromatic rings. The molecule has 0 radical (unpaired) electrons. The van der Waals surface area contributed by atoms with Gasteiger partial charge >= 0.3 is 6.03 Å². The number of carbonyl (C=O) groups excluding carboxylic acids is 2. The fourth-order valence-corrected chi connectivity index (χ4v) is 3.68. The Hall–Kier alpha value is -3.06. The molecule has 4 N–H and O–H groups in total. The van der Waals surface area contributed by atoms with Gasteiger partial charge in [-0.3, -0.25) is 9.69 Å². The van der Waals surface area contributed by atoms with Crippen molar-refractivity contribution in [3.8, 4) is 0 Å². The number of piperazine rings is 1. The van der Waals surface area contributed by atoms with Crippen LogP contribution in [0.3, 0.4) is 0 Å². The molecule has 160 valence electrons. The molecular weight excluding hydrogens is 378 g/mol. The van der Waals surface area contributed by atoms with Crippen LogP contribution in [0, 0.1) is 0 Å². The van der Waals surface area contributed by atoms with Gasteiger partial charge in [-0.2, -0.15) is 0 Å². The molecule has 0 aromatic heterocycles. The summed E-state index contributed by atoms with van der Waals surface area (Å²) in [4.78, 5) is 28.4. The first kappa shape index (κ1) is 21.6. The Morgan fingerprint density at radius 1 is 0.900 bits per heavy atom. The van der Waals surface area contributed by atoms with Crippen LogP contribution >= 0.6 is 0 Å². The average molecular weight is 410 g/mol. The highest BCUT2D eigenvalue weighted by Crippen LogP contribution is 2.20. The smallest absolute Gasteiger partial charge is 0.316 e. The zero-order valence-electron chi connectivity index (χ0n) is 17.9. The Morgan fingerprint density at radius 3 is 2.03 bits per heavy atom.